The maximum absolute atomic E-state index is 12.3. The van der Waals surface area contributed by atoms with Gasteiger partial charge in [0.15, 0.2) is 5.82 Å². The smallest absolute Gasteiger partial charge is 0.280 e. The van der Waals surface area contributed by atoms with E-state index in [0.717, 1.165) is 13.1 Å². The van der Waals surface area contributed by atoms with Gasteiger partial charge in [-0.2, -0.15) is 22.4 Å². The topological polar surface area (TPSA) is 91.6 Å². The molecular weight excluding hydrogens is 294 g/mol. The second-order valence-corrected chi connectivity index (χ2v) is 7.39. The zero-order valence-electron chi connectivity index (χ0n) is 12.9. The van der Waals surface area contributed by atoms with Crippen LogP contribution in [-0.4, -0.2) is 61.0 Å². The van der Waals surface area contributed by atoms with Crippen molar-refractivity contribution in [2.75, 3.05) is 33.2 Å². The minimum absolute atomic E-state index is 0.143. The molecule has 1 aliphatic rings. The van der Waals surface area contributed by atoms with Crippen LogP contribution in [0, 0.1) is 0 Å². The molecule has 0 bridgehead atoms. The van der Waals surface area contributed by atoms with Crippen LogP contribution in [0.3, 0.4) is 0 Å². The highest BCUT2D eigenvalue weighted by molar-refractivity contribution is 7.87. The minimum Gasteiger partial charge on any atom is -0.338 e. The Labute approximate surface area is 125 Å². The summed E-state index contributed by atoms with van der Waals surface area (Å²) in [7, 11) is -1.56. The summed E-state index contributed by atoms with van der Waals surface area (Å²) >= 11 is 0. The van der Waals surface area contributed by atoms with Gasteiger partial charge in [0.25, 0.3) is 10.2 Å². The molecular formula is C12H23N5O3S. The number of likely N-dealkylation sites (N-methyl/N-ethyl adjacent to an activating group) is 1. The first kappa shape index (κ1) is 16.3. The Morgan fingerprint density at radius 1 is 1.19 bits per heavy atom. The number of nitrogens with one attached hydrogen (secondary N) is 1. The van der Waals surface area contributed by atoms with Crippen molar-refractivity contribution >= 4 is 10.2 Å². The van der Waals surface area contributed by atoms with E-state index in [9.17, 15) is 8.42 Å². The number of piperazine rings is 1. The molecule has 9 heteroatoms. The number of aromatic nitrogens is 2. The van der Waals surface area contributed by atoms with Crippen molar-refractivity contribution in [3.05, 3.63) is 11.7 Å². The van der Waals surface area contributed by atoms with E-state index in [1.165, 1.54) is 4.31 Å². The van der Waals surface area contributed by atoms with Crippen molar-refractivity contribution < 1.29 is 12.9 Å². The second kappa shape index (κ2) is 6.39. The molecule has 21 heavy (non-hydrogen) atoms. The van der Waals surface area contributed by atoms with Crippen molar-refractivity contribution in [2.45, 2.75) is 32.7 Å². The first-order valence-corrected chi connectivity index (χ1v) is 8.53. The molecule has 0 unspecified atom stereocenters. The lowest BCUT2D eigenvalue weighted by atomic mass is 10.2. The lowest BCUT2D eigenvalue weighted by Crippen LogP contribution is -2.51. The van der Waals surface area contributed by atoms with E-state index in [1.807, 2.05) is 20.9 Å². The van der Waals surface area contributed by atoms with Gasteiger partial charge in [0.2, 0.25) is 5.89 Å². The summed E-state index contributed by atoms with van der Waals surface area (Å²) in [6.07, 6.45) is 0. The molecule has 0 spiro atoms. The third kappa shape index (κ3) is 4.00. The van der Waals surface area contributed by atoms with Crippen molar-refractivity contribution in [1.29, 1.82) is 0 Å². The molecule has 120 valence electrons. The Morgan fingerprint density at radius 2 is 1.81 bits per heavy atom. The van der Waals surface area contributed by atoms with E-state index in [4.69, 9.17) is 4.52 Å². The summed E-state index contributed by atoms with van der Waals surface area (Å²) < 4.78 is 33.8. The molecule has 1 fully saturated rings. The van der Waals surface area contributed by atoms with E-state index >= 15 is 0 Å². The second-order valence-electron chi connectivity index (χ2n) is 5.69. The predicted molar refractivity (Wildman–Crippen MR) is 77.9 cm³/mol. The Morgan fingerprint density at radius 3 is 2.33 bits per heavy atom. The molecule has 0 saturated carbocycles. The molecule has 0 aromatic carbocycles. The number of hydrogen-bond donors (Lipinski definition) is 1. The zero-order chi connectivity index (χ0) is 15.6. The van der Waals surface area contributed by atoms with Crippen LogP contribution in [0.1, 0.15) is 44.4 Å². The average Bonchev–Trinajstić information content (AvgIpc) is 2.88. The van der Waals surface area contributed by atoms with Crippen molar-refractivity contribution in [3.8, 4) is 0 Å². The Balaban J connectivity index is 2.01. The van der Waals surface area contributed by atoms with Gasteiger partial charge in [0.05, 0.1) is 6.04 Å². The van der Waals surface area contributed by atoms with Crippen LogP contribution in [-0.2, 0) is 10.2 Å². The highest BCUT2D eigenvalue weighted by Crippen LogP contribution is 2.16. The van der Waals surface area contributed by atoms with Crippen molar-refractivity contribution in [1.82, 2.24) is 24.1 Å². The van der Waals surface area contributed by atoms with Crippen molar-refractivity contribution in [2.24, 2.45) is 0 Å². The Hall–Kier alpha value is -1.03. The van der Waals surface area contributed by atoms with E-state index in [0.29, 0.717) is 18.9 Å². The fourth-order valence-electron chi connectivity index (χ4n) is 2.03. The van der Waals surface area contributed by atoms with Gasteiger partial charge >= 0.3 is 0 Å². The van der Waals surface area contributed by atoms with E-state index in [-0.39, 0.29) is 11.8 Å². The monoisotopic (exact) mass is 317 g/mol. The molecule has 0 amide bonds. The minimum atomic E-state index is -3.54. The summed E-state index contributed by atoms with van der Waals surface area (Å²) in [5.74, 6) is 1.01. The molecule has 0 aliphatic carbocycles. The average molecular weight is 317 g/mol. The summed E-state index contributed by atoms with van der Waals surface area (Å²) in [4.78, 5) is 6.32. The molecule has 2 rings (SSSR count). The normalized spacial score (nSPS) is 20.0. The van der Waals surface area contributed by atoms with Crippen LogP contribution < -0.4 is 4.72 Å². The Kier molecular flexibility index (Phi) is 4.97. The summed E-state index contributed by atoms with van der Waals surface area (Å²) in [5.41, 5.74) is 0. The molecule has 1 saturated heterocycles. The van der Waals surface area contributed by atoms with Gasteiger partial charge in [-0.15, -0.1) is 0 Å². The summed E-state index contributed by atoms with van der Waals surface area (Å²) in [6.45, 7) is 8.03. The SMILES string of the molecule is CC(C)c1noc([C@H](C)NS(=O)(=O)N2CCN(C)CC2)n1. The molecule has 2 heterocycles. The van der Waals surface area contributed by atoms with Gasteiger partial charge in [0.1, 0.15) is 0 Å². The highest BCUT2D eigenvalue weighted by atomic mass is 32.2. The maximum Gasteiger partial charge on any atom is 0.280 e. The molecule has 1 aromatic heterocycles. The number of hydrogen-bond acceptors (Lipinski definition) is 6. The summed E-state index contributed by atoms with van der Waals surface area (Å²) in [5, 5.41) is 3.85. The van der Waals surface area contributed by atoms with Crippen LogP contribution in [0.4, 0.5) is 0 Å². The van der Waals surface area contributed by atoms with Crippen molar-refractivity contribution in [3.63, 3.8) is 0 Å². The lowest BCUT2D eigenvalue weighted by molar-refractivity contribution is 0.219. The van der Waals surface area contributed by atoms with Gasteiger partial charge in [-0.3, -0.25) is 0 Å². The highest BCUT2D eigenvalue weighted by Gasteiger charge is 2.29. The van der Waals surface area contributed by atoms with Gasteiger partial charge in [0, 0.05) is 32.1 Å². The van der Waals surface area contributed by atoms with Crippen LogP contribution in [0.5, 0.6) is 0 Å². The Bertz CT molecular complexity index is 563. The molecule has 0 radical (unpaired) electrons. The van der Waals surface area contributed by atoms with Crippen LogP contribution >= 0.6 is 0 Å². The van der Waals surface area contributed by atoms with Gasteiger partial charge in [-0.05, 0) is 14.0 Å². The largest absolute Gasteiger partial charge is 0.338 e. The molecule has 8 nitrogen and oxygen atoms in total. The van der Waals surface area contributed by atoms with Crippen LogP contribution in [0.2, 0.25) is 0 Å². The van der Waals surface area contributed by atoms with Crippen LogP contribution in [0.25, 0.3) is 0 Å². The number of rotatable bonds is 5. The van der Waals surface area contributed by atoms with Gasteiger partial charge in [-0.1, -0.05) is 19.0 Å². The molecule has 1 N–H and O–H groups in total. The standard InChI is InChI=1S/C12H23N5O3S/c1-9(2)11-13-12(20-14-11)10(3)15-21(18,19)17-7-5-16(4)6-8-17/h9-10,15H,5-8H2,1-4H3/t10-/m0/s1. The predicted octanol–water partition coefficient (Wildman–Crippen LogP) is 0.336. The third-order valence-electron chi connectivity index (χ3n) is 3.47. The van der Waals surface area contributed by atoms with E-state index in [2.05, 4.69) is 19.8 Å². The maximum atomic E-state index is 12.3. The van der Waals surface area contributed by atoms with E-state index < -0.39 is 16.3 Å². The number of nitrogens with zero attached hydrogens (tertiary/aromatic N) is 4. The van der Waals surface area contributed by atoms with Gasteiger partial charge < -0.3 is 9.42 Å². The van der Waals surface area contributed by atoms with E-state index in [1.54, 1.807) is 6.92 Å². The third-order valence-corrected chi connectivity index (χ3v) is 5.17. The van der Waals surface area contributed by atoms with Crippen LogP contribution in [0.15, 0.2) is 4.52 Å². The summed E-state index contributed by atoms with van der Waals surface area (Å²) in [6, 6.07) is -0.547. The molecule has 1 atom stereocenters. The van der Waals surface area contributed by atoms with Gasteiger partial charge in [-0.25, -0.2) is 0 Å². The molecule has 1 aliphatic heterocycles. The fraction of sp³-hybridized carbons (Fsp3) is 0.833. The lowest BCUT2D eigenvalue weighted by Gasteiger charge is -2.31. The zero-order valence-corrected chi connectivity index (χ0v) is 13.7. The quantitative estimate of drug-likeness (QED) is 0.842. The first-order chi connectivity index (χ1) is 9.79. The molecule has 1 aromatic rings. The fourth-order valence-corrected chi connectivity index (χ4v) is 3.38. The first-order valence-electron chi connectivity index (χ1n) is 7.09.